The van der Waals surface area contributed by atoms with Crippen LogP contribution in [0.4, 0.5) is 5.69 Å². The van der Waals surface area contributed by atoms with Gasteiger partial charge in [0, 0.05) is 24.6 Å². The first-order valence-electron chi connectivity index (χ1n) is 5.63. The molecule has 1 aromatic carbocycles. The average Bonchev–Trinajstić information content (AvgIpc) is 2.36. The van der Waals surface area contributed by atoms with Crippen LogP contribution in [0.15, 0.2) is 18.2 Å². The van der Waals surface area contributed by atoms with Crippen LogP contribution < -0.4 is 20.5 Å². The number of hydrogen-bond donors (Lipinski definition) is 2. The second-order valence-corrected chi connectivity index (χ2v) is 3.87. The summed E-state index contributed by atoms with van der Waals surface area (Å²) < 4.78 is 10.8. The molecule has 1 heterocycles. The van der Waals surface area contributed by atoms with Crippen molar-refractivity contribution in [1.82, 2.24) is 0 Å². The summed E-state index contributed by atoms with van der Waals surface area (Å²) in [5.41, 5.74) is 5.58. The van der Waals surface area contributed by atoms with Gasteiger partial charge in [-0.05, 0) is 12.1 Å². The van der Waals surface area contributed by atoms with Crippen LogP contribution in [-0.2, 0) is 9.59 Å². The monoisotopic (exact) mass is 250 g/mol. The third-order valence-electron chi connectivity index (χ3n) is 2.42. The minimum atomic E-state index is -0.493. The van der Waals surface area contributed by atoms with Crippen molar-refractivity contribution in [2.24, 2.45) is 5.73 Å². The Bertz CT molecular complexity index is 473. The number of carbonyl (C=O) groups excluding carboxylic acids is 2. The quantitative estimate of drug-likeness (QED) is 0.821. The predicted octanol–water partition coefficient (Wildman–Crippen LogP) is 0.662. The molecule has 1 aliphatic heterocycles. The Morgan fingerprint density at radius 1 is 1.17 bits per heavy atom. The highest BCUT2D eigenvalue weighted by Gasteiger charge is 2.12. The van der Waals surface area contributed by atoms with Gasteiger partial charge >= 0.3 is 0 Å². The van der Waals surface area contributed by atoms with Crippen LogP contribution in [0.5, 0.6) is 11.5 Å². The summed E-state index contributed by atoms with van der Waals surface area (Å²) in [6, 6.07) is 5.14. The van der Waals surface area contributed by atoms with Gasteiger partial charge in [0.05, 0.1) is 0 Å². The van der Waals surface area contributed by atoms with Crippen molar-refractivity contribution in [3.63, 3.8) is 0 Å². The number of anilines is 1. The van der Waals surface area contributed by atoms with Gasteiger partial charge in [0.1, 0.15) is 13.2 Å². The molecule has 0 saturated carbocycles. The van der Waals surface area contributed by atoms with E-state index in [0.29, 0.717) is 30.4 Å². The molecule has 0 saturated heterocycles. The Balaban J connectivity index is 1.97. The van der Waals surface area contributed by atoms with Gasteiger partial charge < -0.3 is 20.5 Å². The number of carbonyl (C=O) groups is 2. The average molecular weight is 250 g/mol. The second-order valence-electron chi connectivity index (χ2n) is 3.87. The molecule has 0 aromatic heterocycles. The maximum Gasteiger partial charge on any atom is 0.224 e. The Morgan fingerprint density at radius 2 is 1.89 bits per heavy atom. The van der Waals surface area contributed by atoms with Crippen molar-refractivity contribution < 1.29 is 19.1 Å². The summed E-state index contributed by atoms with van der Waals surface area (Å²) in [5.74, 6) is 0.517. The number of primary amides is 1. The molecule has 0 fully saturated rings. The first-order valence-corrected chi connectivity index (χ1v) is 5.63. The lowest BCUT2D eigenvalue weighted by molar-refractivity contribution is -0.122. The topological polar surface area (TPSA) is 90.7 Å². The largest absolute Gasteiger partial charge is 0.486 e. The van der Waals surface area contributed by atoms with Gasteiger partial charge in [-0.25, -0.2) is 0 Å². The number of benzene rings is 1. The fourth-order valence-electron chi connectivity index (χ4n) is 1.58. The number of nitrogens with one attached hydrogen (secondary N) is 1. The first kappa shape index (κ1) is 12.2. The van der Waals surface area contributed by atoms with E-state index in [1.165, 1.54) is 0 Å². The number of rotatable bonds is 4. The Morgan fingerprint density at radius 3 is 2.61 bits per heavy atom. The van der Waals surface area contributed by atoms with E-state index in [0.717, 1.165) is 0 Å². The zero-order valence-corrected chi connectivity index (χ0v) is 9.77. The molecule has 3 N–H and O–H groups in total. The second kappa shape index (κ2) is 5.39. The molecule has 0 spiro atoms. The standard InChI is InChI=1S/C12H14N2O4/c13-11(15)3-4-12(16)14-8-1-2-9-10(7-8)18-6-5-17-9/h1-2,7H,3-6H2,(H2,13,15)(H,14,16). The lowest BCUT2D eigenvalue weighted by Gasteiger charge is -2.18. The molecule has 96 valence electrons. The minimum Gasteiger partial charge on any atom is -0.486 e. The summed E-state index contributed by atoms with van der Waals surface area (Å²) in [7, 11) is 0. The molecular formula is C12H14N2O4. The molecule has 2 amide bonds. The lowest BCUT2D eigenvalue weighted by Crippen LogP contribution is -2.18. The predicted molar refractivity (Wildman–Crippen MR) is 64.5 cm³/mol. The van der Waals surface area contributed by atoms with Gasteiger partial charge in [-0.2, -0.15) is 0 Å². The van der Waals surface area contributed by atoms with Gasteiger partial charge in [-0.15, -0.1) is 0 Å². The van der Waals surface area contributed by atoms with Crippen molar-refractivity contribution in [2.75, 3.05) is 18.5 Å². The Labute approximate surface area is 104 Å². The molecule has 18 heavy (non-hydrogen) atoms. The van der Waals surface area contributed by atoms with E-state index in [1.807, 2.05) is 0 Å². The molecule has 0 atom stereocenters. The van der Waals surface area contributed by atoms with Gasteiger partial charge in [0.25, 0.3) is 0 Å². The fourth-order valence-corrected chi connectivity index (χ4v) is 1.58. The molecule has 0 bridgehead atoms. The van der Waals surface area contributed by atoms with Crippen LogP contribution in [0.2, 0.25) is 0 Å². The summed E-state index contributed by atoms with van der Waals surface area (Å²) in [6.07, 6.45) is 0.111. The van der Waals surface area contributed by atoms with Crippen LogP contribution in [0, 0.1) is 0 Å². The van der Waals surface area contributed by atoms with Gasteiger partial charge in [-0.3, -0.25) is 9.59 Å². The highest BCUT2D eigenvalue weighted by Crippen LogP contribution is 2.32. The number of fused-ring (bicyclic) bond motifs is 1. The number of amides is 2. The third kappa shape index (κ3) is 3.13. The van der Waals surface area contributed by atoms with Crippen molar-refractivity contribution in [2.45, 2.75) is 12.8 Å². The Kier molecular flexibility index (Phi) is 3.66. The van der Waals surface area contributed by atoms with E-state index in [9.17, 15) is 9.59 Å². The fraction of sp³-hybridized carbons (Fsp3) is 0.333. The molecule has 1 aliphatic rings. The zero-order chi connectivity index (χ0) is 13.0. The molecule has 0 unspecified atom stereocenters. The van der Waals surface area contributed by atoms with Crippen molar-refractivity contribution in [1.29, 1.82) is 0 Å². The molecule has 6 nitrogen and oxygen atoms in total. The number of nitrogens with two attached hydrogens (primary N) is 1. The van der Waals surface area contributed by atoms with Crippen LogP contribution in [0.1, 0.15) is 12.8 Å². The maximum absolute atomic E-state index is 11.5. The lowest BCUT2D eigenvalue weighted by atomic mass is 10.2. The first-order chi connectivity index (χ1) is 8.65. The summed E-state index contributed by atoms with van der Waals surface area (Å²) in [5, 5.41) is 2.67. The van der Waals surface area contributed by atoms with E-state index in [4.69, 9.17) is 15.2 Å². The van der Waals surface area contributed by atoms with Crippen molar-refractivity contribution in [3.8, 4) is 11.5 Å². The molecule has 2 rings (SSSR count). The van der Waals surface area contributed by atoms with E-state index in [2.05, 4.69) is 5.32 Å². The molecule has 6 heteroatoms. The van der Waals surface area contributed by atoms with Gasteiger partial charge in [-0.1, -0.05) is 0 Å². The van der Waals surface area contributed by atoms with Crippen molar-refractivity contribution >= 4 is 17.5 Å². The van der Waals surface area contributed by atoms with E-state index in [1.54, 1.807) is 18.2 Å². The zero-order valence-electron chi connectivity index (χ0n) is 9.77. The normalized spacial score (nSPS) is 12.9. The molecular weight excluding hydrogens is 236 g/mol. The van der Waals surface area contributed by atoms with Crippen LogP contribution >= 0.6 is 0 Å². The van der Waals surface area contributed by atoms with E-state index in [-0.39, 0.29) is 18.7 Å². The summed E-state index contributed by atoms with van der Waals surface area (Å²) in [6.45, 7) is 1.02. The van der Waals surface area contributed by atoms with E-state index >= 15 is 0 Å². The highest BCUT2D eigenvalue weighted by molar-refractivity contribution is 5.93. The van der Waals surface area contributed by atoms with E-state index < -0.39 is 5.91 Å². The Hall–Kier alpha value is -2.24. The minimum absolute atomic E-state index is 0.0381. The smallest absolute Gasteiger partial charge is 0.224 e. The van der Waals surface area contributed by atoms with Crippen LogP contribution in [0.3, 0.4) is 0 Å². The number of ether oxygens (including phenoxy) is 2. The van der Waals surface area contributed by atoms with Gasteiger partial charge in [0.15, 0.2) is 11.5 Å². The number of hydrogen-bond acceptors (Lipinski definition) is 4. The maximum atomic E-state index is 11.5. The summed E-state index contributed by atoms with van der Waals surface area (Å²) in [4.78, 5) is 22.0. The van der Waals surface area contributed by atoms with Gasteiger partial charge in [0.2, 0.25) is 11.8 Å². The SMILES string of the molecule is NC(=O)CCC(=O)Nc1ccc2c(c1)OCCO2. The molecule has 1 aromatic rings. The summed E-state index contributed by atoms with van der Waals surface area (Å²) >= 11 is 0. The van der Waals surface area contributed by atoms with Crippen LogP contribution in [-0.4, -0.2) is 25.0 Å². The highest BCUT2D eigenvalue weighted by atomic mass is 16.6. The van der Waals surface area contributed by atoms with Crippen LogP contribution in [0.25, 0.3) is 0 Å². The molecule has 0 radical (unpaired) electrons. The third-order valence-corrected chi connectivity index (χ3v) is 2.42. The van der Waals surface area contributed by atoms with Crippen molar-refractivity contribution in [3.05, 3.63) is 18.2 Å². The molecule has 0 aliphatic carbocycles.